The largest absolute Gasteiger partial charge is 0.465 e. The number of ether oxygens (including phenoxy) is 1. The lowest BCUT2D eigenvalue weighted by atomic mass is 10.0. The highest BCUT2D eigenvalue weighted by atomic mass is 32.1. The van der Waals surface area contributed by atoms with E-state index in [2.05, 4.69) is 56.5 Å². The molecular formula is C19H24N2O2S2. The molecule has 0 aliphatic carbocycles. The Morgan fingerprint density at radius 2 is 2.04 bits per heavy atom. The van der Waals surface area contributed by atoms with Gasteiger partial charge in [0.05, 0.1) is 18.7 Å². The Kier molecular flexibility index (Phi) is 6.56. The van der Waals surface area contributed by atoms with Gasteiger partial charge in [-0.05, 0) is 56.6 Å². The van der Waals surface area contributed by atoms with Crippen molar-refractivity contribution in [1.29, 1.82) is 0 Å². The van der Waals surface area contributed by atoms with Gasteiger partial charge in [0.1, 0.15) is 5.00 Å². The standard InChI is InChI=1S/C19H24N2O2S2/c1-6-14-10-16(18(22)23-5)17(25-14)21-19(24)20-13(4)15-9-11(2)7-8-12(15)3/h7-10,13H,6H2,1-5H3,(H2,20,21,24). The number of thiocarbonyl (C=S) groups is 1. The van der Waals surface area contributed by atoms with Crippen molar-refractivity contribution in [3.8, 4) is 0 Å². The van der Waals surface area contributed by atoms with Crippen LogP contribution in [0.4, 0.5) is 5.00 Å². The van der Waals surface area contributed by atoms with Crippen LogP contribution in [0, 0.1) is 13.8 Å². The lowest BCUT2D eigenvalue weighted by Crippen LogP contribution is -2.31. The number of hydrogen-bond donors (Lipinski definition) is 2. The van der Waals surface area contributed by atoms with Crippen molar-refractivity contribution in [3.05, 3.63) is 51.4 Å². The van der Waals surface area contributed by atoms with Crippen molar-refractivity contribution >= 4 is 39.6 Å². The highest BCUT2D eigenvalue weighted by Crippen LogP contribution is 2.29. The van der Waals surface area contributed by atoms with Gasteiger partial charge in [-0.15, -0.1) is 11.3 Å². The second-order valence-corrected chi connectivity index (χ2v) is 7.53. The zero-order valence-electron chi connectivity index (χ0n) is 15.2. The molecule has 1 aromatic carbocycles. The fourth-order valence-corrected chi connectivity index (χ4v) is 3.94. The smallest absolute Gasteiger partial charge is 0.340 e. The number of aryl methyl sites for hydroxylation is 3. The summed E-state index contributed by atoms with van der Waals surface area (Å²) in [6.07, 6.45) is 0.857. The fourth-order valence-electron chi connectivity index (χ4n) is 2.61. The number of esters is 1. The summed E-state index contributed by atoms with van der Waals surface area (Å²) in [5.41, 5.74) is 4.16. The minimum Gasteiger partial charge on any atom is -0.465 e. The van der Waals surface area contributed by atoms with Crippen LogP contribution in [-0.2, 0) is 11.2 Å². The Hall–Kier alpha value is -1.92. The van der Waals surface area contributed by atoms with Crippen LogP contribution < -0.4 is 10.6 Å². The van der Waals surface area contributed by atoms with Crippen LogP contribution in [0.1, 0.15) is 51.8 Å². The number of anilines is 1. The van der Waals surface area contributed by atoms with Crippen molar-refractivity contribution in [2.75, 3.05) is 12.4 Å². The molecule has 1 atom stereocenters. The van der Waals surface area contributed by atoms with Crippen molar-refractivity contribution < 1.29 is 9.53 Å². The summed E-state index contributed by atoms with van der Waals surface area (Å²) in [6.45, 7) is 8.29. The van der Waals surface area contributed by atoms with Gasteiger partial charge in [0.2, 0.25) is 0 Å². The molecule has 0 amide bonds. The van der Waals surface area contributed by atoms with Crippen LogP contribution in [0.15, 0.2) is 24.3 Å². The Morgan fingerprint density at radius 1 is 1.32 bits per heavy atom. The summed E-state index contributed by atoms with van der Waals surface area (Å²) in [7, 11) is 1.38. The zero-order valence-corrected chi connectivity index (χ0v) is 16.9. The topological polar surface area (TPSA) is 50.4 Å². The average Bonchev–Trinajstić information content (AvgIpc) is 2.98. The van der Waals surface area contributed by atoms with Crippen LogP contribution >= 0.6 is 23.6 Å². The molecule has 2 rings (SSSR count). The Morgan fingerprint density at radius 3 is 2.68 bits per heavy atom. The molecule has 0 saturated heterocycles. The summed E-state index contributed by atoms with van der Waals surface area (Å²) in [5, 5.41) is 7.66. The van der Waals surface area contributed by atoms with E-state index in [9.17, 15) is 4.79 Å². The van der Waals surface area contributed by atoms with Crippen molar-refractivity contribution in [3.63, 3.8) is 0 Å². The molecule has 1 unspecified atom stereocenters. The molecule has 1 heterocycles. The molecule has 0 aliphatic heterocycles. The van der Waals surface area contributed by atoms with E-state index in [0.717, 1.165) is 16.3 Å². The normalized spacial score (nSPS) is 11.7. The average molecular weight is 377 g/mol. The molecular weight excluding hydrogens is 352 g/mol. The summed E-state index contributed by atoms with van der Waals surface area (Å²) in [5.74, 6) is -0.358. The second-order valence-electron chi connectivity index (χ2n) is 5.98. The summed E-state index contributed by atoms with van der Waals surface area (Å²) in [4.78, 5) is 13.1. The van der Waals surface area contributed by atoms with Crippen LogP contribution in [-0.4, -0.2) is 18.2 Å². The molecule has 0 radical (unpaired) electrons. The van der Waals surface area contributed by atoms with Gasteiger partial charge in [0.25, 0.3) is 0 Å². The Bertz CT molecular complexity index is 784. The van der Waals surface area contributed by atoms with Gasteiger partial charge in [-0.2, -0.15) is 0 Å². The highest BCUT2D eigenvalue weighted by Gasteiger charge is 2.18. The second kappa shape index (κ2) is 8.45. The van der Waals surface area contributed by atoms with E-state index >= 15 is 0 Å². The van der Waals surface area contributed by atoms with Gasteiger partial charge >= 0.3 is 5.97 Å². The first kappa shape index (κ1) is 19.4. The SMILES string of the molecule is CCc1cc(C(=O)OC)c(NC(=S)NC(C)c2cc(C)ccc2C)s1. The Labute approximate surface area is 158 Å². The van der Waals surface area contributed by atoms with Gasteiger partial charge < -0.3 is 15.4 Å². The first-order valence-electron chi connectivity index (χ1n) is 8.21. The molecule has 0 bridgehead atoms. The van der Waals surface area contributed by atoms with Gasteiger partial charge in [-0.1, -0.05) is 30.7 Å². The summed E-state index contributed by atoms with van der Waals surface area (Å²) >= 11 is 6.97. The maximum absolute atomic E-state index is 12.0. The maximum atomic E-state index is 12.0. The maximum Gasteiger partial charge on any atom is 0.340 e. The molecule has 0 saturated carbocycles. The third kappa shape index (κ3) is 4.80. The number of hydrogen-bond acceptors (Lipinski definition) is 4. The Balaban J connectivity index is 2.13. The molecule has 0 fully saturated rings. The van der Waals surface area contributed by atoms with Crippen LogP contribution in [0.2, 0.25) is 0 Å². The molecule has 0 aliphatic rings. The van der Waals surface area contributed by atoms with Gasteiger partial charge in [-0.3, -0.25) is 0 Å². The molecule has 1 aromatic heterocycles. The van der Waals surface area contributed by atoms with Gasteiger partial charge in [0.15, 0.2) is 5.11 Å². The molecule has 2 N–H and O–H groups in total. The number of benzene rings is 1. The first-order valence-corrected chi connectivity index (χ1v) is 9.43. The van der Waals surface area contributed by atoms with Crippen molar-refractivity contribution in [2.45, 2.75) is 40.2 Å². The summed E-state index contributed by atoms with van der Waals surface area (Å²) < 4.78 is 4.86. The van der Waals surface area contributed by atoms with Gasteiger partial charge in [-0.25, -0.2) is 4.79 Å². The van der Waals surface area contributed by atoms with Crippen LogP contribution in [0.25, 0.3) is 0 Å². The molecule has 25 heavy (non-hydrogen) atoms. The van der Waals surface area contributed by atoms with Crippen LogP contribution in [0.3, 0.4) is 0 Å². The fraction of sp³-hybridized carbons (Fsp3) is 0.368. The minimum absolute atomic E-state index is 0.0621. The molecule has 2 aromatic rings. The van der Waals surface area contributed by atoms with E-state index < -0.39 is 0 Å². The van der Waals surface area contributed by atoms with Crippen molar-refractivity contribution in [2.24, 2.45) is 0 Å². The zero-order chi connectivity index (χ0) is 18.6. The lowest BCUT2D eigenvalue weighted by Gasteiger charge is -2.19. The predicted molar refractivity (Wildman–Crippen MR) is 109 cm³/mol. The van der Waals surface area contributed by atoms with E-state index in [1.807, 2.05) is 6.07 Å². The van der Waals surface area contributed by atoms with Crippen LogP contribution in [0.5, 0.6) is 0 Å². The minimum atomic E-state index is -0.358. The highest BCUT2D eigenvalue weighted by molar-refractivity contribution is 7.80. The van der Waals surface area contributed by atoms with E-state index in [-0.39, 0.29) is 12.0 Å². The van der Waals surface area contributed by atoms with E-state index in [4.69, 9.17) is 17.0 Å². The monoisotopic (exact) mass is 376 g/mol. The third-order valence-electron chi connectivity index (χ3n) is 4.01. The number of carbonyl (C=O) groups is 1. The summed E-state index contributed by atoms with van der Waals surface area (Å²) in [6, 6.07) is 8.29. The van der Waals surface area contributed by atoms with Crippen molar-refractivity contribution in [1.82, 2.24) is 5.32 Å². The van der Waals surface area contributed by atoms with E-state index in [1.54, 1.807) is 0 Å². The third-order valence-corrected chi connectivity index (χ3v) is 5.43. The molecule has 134 valence electrons. The predicted octanol–water partition coefficient (Wildman–Crippen LogP) is 4.76. The number of carbonyl (C=O) groups excluding carboxylic acids is 1. The number of methoxy groups -OCH3 is 1. The number of rotatable bonds is 5. The number of thiophene rings is 1. The number of nitrogens with one attached hydrogen (secondary N) is 2. The lowest BCUT2D eigenvalue weighted by molar-refractivity contribution is 0.0602. The first-order chi connectivity index (χ1) is 11.8. The van der Waals surface area contributed by atoms with Gasteiger partial charge in [0, 0.05) is 4.88 Å². The molecule has 4 nitrogen and oxygen atoms in total. The van der Waals surface area contributed by atoms with E-state index in [0.29, 0.717) is 10.7 Å². The molecule has 6 heteroatoms. The quantitative estimate of drug-likeness (QED) is 0.582. The molecule has 0 spiro atoms. The van der Waals surface area contributed by atoms with E-state index in [1.165, 1.54) is 35.1 Å².